The molecule has 0 saturated carbocycles. The monoisotopic (exact) mass is 635 g/mol. The fraction of sp³-hybridized carbons (Fsp3) is 1.00. The maximum Gasteiger partial charge on any atom is 0.0786 e. The van der Waals surface area contributed by atoms with Crippen molar-refractivity contribution in [3.05, 3.63) is 0 Å². The van der Waals surface area contributed by atoms with E-state index in [-0.39, 0.29) is 0 Å². The van der Waals surface area contributed by atoms with Crippen molar-refractivity contribution in [2.24, 2.45) is 0 Å². The molecule has 1 heteroatoms. The van der Waals surface area contributed by atoms with E-state index in [0.29, 0.717) is 0 Å². The van der Waals surface area contributed by atoms with Gasteiger partial charge in [0.05, 0.1) is 26.2 Å². The first-order chi connectivity index (χ1) is 22.2. The third-order valence-electron chi connectivity index (χ3n) is 10.9. The highest BCUT2D eigenvalue weighted by molar-refractivity contribution is 4.55. The van der Waals surface area contributed by atoms with E-state index in [1.807, 2.05) is 0 Å². The van der Waals surface area contributed by atoms with Crippen LogP contribution in [0.3, 0.4) is 0 Å². The van der Waals surface area contributed by atoms with Gasteiger partial charge >= 0.3 is 0 Å². The number of rotatable bonds is 40. The topological polar surface area (TPSA) is 0 Å². The summed E-state index contributed by atoms with van der Waals surface area (Å²) >= 11 is 0. The van der Waals surface area contributed by atoms with Gasteiger partial charge in [0.2, 0.25) is 0 Å². The van der Waals surface area contributed by atoms with E-state index in [2.05, 4.69) is 27.7 Å². The van der Waals surface area contributed by atoms with Crippen LogP contribution >= 0.6 is 0 Å². The molecule has 0 atom stereocenters. The molecule has 0 rings (SSSR count). The zero-order valence-electron chi connectivity index (χ0n) is 32.7. The van der Waals surface area contributed by atoms with Gasteiger partial charge in [-0.1, -0.05) is 220 Å². The molecule has 0 aliphatic carbocycles. The molecule has 0 fully saturated rings. The van der Waals surface area contributed by atoms with Crippen LogP contribution in [0.15, 0.2) is 0 Å². The van der Waals surface area contributed by atoms with Crippen LogP contribution in [-0.4, -0.2) is 30.7 Å². The van der Waals surface area contributed by atoms with Gasteiger partial charge in [-0.2, -0.15) is 0 Å². The van der Waals surface area contributed by atoms with Crippen molar-refractivity contribution in [2.45, 2.75) is 259 Å². The Morgan fingerprint density at radius 3 is 0.533 bits per heavy atom. The lowest BCUT2D eigenvalue weighted by Crippen LogP contribution is -2.50. The van der Waals surface area contributed by atoms with E-state index in [0.717, 1.165) is 0 Å². The number of unbranched alkanes of at least 4 members (excludes halogenated alkanes) is 32. The standard InChI is InChI=1S/C44H92N/c1-5-9-13-15-17-19-21-23-25-27-29-31-33-35-37-39-43-45(41-11-7-3,42-12-8-4)44-40-38-36-34-32-30-28-26-24-22-20-18-16-14-10-6-2/h5-44H2,1-4H3/q+1. The zero-order valence-corrected chi connectivity index (χ0v) is 32.7. The van der Waals surface area contributed by atoms with Gasteiger partial charge in [0.25, 0.3) is 0 Å². The van der Waals surface area contributed by atoms with Crippen molar-refractivity contribution in [3.8, 4) is 0 Å². The molecule has 0 unspecified atom stereocenters. The van der Waals surface area contributed by atoms with E-state index >= 15 is 0 Å². The second-order valence-corrected chi connectivity index (χ2v) is 15.5. The SMILES string of the molecule is CCCCCCCCCCCCCCCCCC[N+](CCCC)(CCCC)CCCCCCCCCCCCCCCCCC. The van der Waals surface area contributed by atoms with Crippen LogP contribution in [0.25, 0.3) is 0 Å². The summed E-state index contributed by atoms with van der Waals surface area (Å²) in [7, 11) is 0. The summed E-state index contributed by atoms with van der Waals surface area (Å²) in [5, 5.41) is 0. The molecule has 0 amide bonds. The Morgan fingerprint density at radius 1 is 0.178 bits per heavy atom. The molecule has 0 saturated heterocycles. The van der Waals surface area contributed by atoms with Gasteiger partial charge in [-0.05, 0) is 38.5 Å². The van der Waals surface area contributed by atoms with E-state index < -0.39 is 0 Å². The van der Waals surface area contributed by atoms with Crippen molar-refractivity contribution in [1.29, 1.82) is 0 Å². The minimum Gasteiger partial charge on any atom is -0.324 e. The molecule has 45 heavy (non-hydrogen) atoms. The summed E-state index contributed by atoms with van der Waals surface area (Å²) in [5.41, 5.74) is 0. The molecular weight excluding hydrogens is 542 g/mol. The Morgan fingerprint density at radius 2 is 0.333 bits per heavy atom. The summed E-state index contributed by atoms with van der Waals surface area (Å²) in [6.45, 7) is 15.3. The van der Waals surface area contributed by atoms with Crippen LogP contribution in [0.2, 0.25) is 0 Å². The van der Waals surface area contributed by atoms with Gasteiger partial charge in [0.15, 0.2) is 0 Å². The summed E-state index contributed by atoms with van der Waals surface area (Å²) < 4.78 is 1.46. The Hall–Kier alpha value is -0.0400. The van der Waals surface area contributed by atoms with Crippen molar-refractivity contribution in [1.82, 2.24) is 0 Å². The van der Waals surface area contributed by atoms with Gasteiger partial charge < -0.3 is 4.48 Å². The summed E-state index contributed by atoms with van der Waals surface area (Å²) in [6.07, 6.45) is 52.8. The number of quaternary nitrogens is 1. The minimum absolute atomic E-state index is 1.37. The number of hydrogen-bond donors (Lipinski definition) is 0. The van der Waals surface area contributed by atoms with E-state index in [9.17, 15) is 0 Å². The Labute approximate surface area is 288 Å². The highest BCUT2D eigenvalue weighted by Gasteiger charge is 2.25. The van der Waals surface area contributed by atoms with Crippen LogP contribution < -0.4 is 0 Å². The van der Waals surface area contributed by atoms with Crippen molar-refractivity contribution >= 4 is 0 Å². The molecule has 0 aliphatic rings. The molecule has 0 aliphatic heterocycles. The van der Waals surface area contributed by atoms with Crippen LogP contribution in [0.5, 0.6) is 0 Å². The van der Waals surface area contributed by atoms with Gasteiger partial charge in [0, 0.05) is 0 Å². The van der Waals surface area contributed by atoms with E-state index in [1.165, 1.54) is 262 Å². The molecule has 0 heterocycles. The lowest BCUT2D eigenvalue weighted by Gasteiger charge is -2.39. The number of hydrogen-bond acceptors (Lipinski definition) is 0. The highest BCUT2D eigenvalue weighted by Crippen LogP contribution is 2.20. The molecular formula is C44H92N+. The summed E-state index contributed by atoms with van der Waals surface area (Å²) in [4.78, 5) is 0. The normalized spacial score (nSPS) is 12.0. The van der Waals surface area contributed by atoms with Gasteiger partial charge in [-0.25, -0.2) is 0 Å². The third kappa shape index (κ3) is 33.6. The van der Waals surface area contributed by atoms with Crippen LogP contribution in [-0.2, 0) is 0 Å². The first-order valence-corrected chi connectivity index (χ1v) is 22.1. The molecule has 0 bridgehead atoms. The Bertz CT molecular complexity index is 467. The Balaban J connectivity index is 3.92. The quantitative estimate of drug-likeness (QED) is 0.0465. The van der Waals surface area contributed by atoms with Crippen LogP contribution in [0.1, 0.15) is 259 Å². The van der Waals surface area contributed by atoms with E-state index in [4.69, 9.17) is 0 Å². The molecule has 0 aromatic rings. The molecule has 0 aromatic carbocycles. The maximum absolute atomic E-state index is 2.40. The predicted octanol–water partition coefficient (Wildman–Crippen LogP) is 15.9. The number of nitrogens with zero attached hydrogens (tertiary/aromatic N) is 1. The average molecular weight is 635 g/mol. The molecule has 1 nitrogen and oxygen atoms in total. The average Bonchev–Trinajstić information content (AvgIpc) is 3.05. The lowest BCUT2D eigenvalue weighted by atomic mass is 10.0. The largest absolute Gasteiger partial charge is 0.324 e. The van der Waals surface area contributed by atoms with Crippen LogP contribution in [0.4, 0.5) is 0 Å². The van der Waals surface area contributed by atoms with Crippen molar-refractivity contribution < 1.29 is 4.48 Å². The van der Waals surface area contributed by atoms with Gasteiger partial charge in [-0.3, -0.25) is 0 Å². The molecule has 0 radical (unpaired) electrons. The Kier molecular flexibility index (Phi) is 38.4. The molecule has 272 valence electrons. The van der Waals surface area contributed by atoms with Crippen LogP contribution in [0, 0.1) is 0 Å². The second kappa shape index (κ2) is 38.4. The first-order valence-electron chi connectivity index (χ1n) is 22.1. The first kappa shape index (κ1) is 45.0. The van der Waals surface area contributed by atoms with Crippen molar-refractivity contribution in [3.63, 3.8) is 0 Å². The molecule has 0 N–H and O–H groups in total. The van der Waals surface area contributed by atoms with E-state index in [1.54, 1.807) is 0 Å². The second-order valence-electron chi connectivity index (χ2n) is 15.5. The van der Waals surface area contributed by atoms with Gasteiger partial charge in [-0.15, -0.1) is 0 Å². The van der Waals surface area contributed by atoms with Gasteiger partial charge in [0.1, 0.15) is 0 Å². The smallest absolute Gasteiger partial charge is 0.0786 e. The maximum atomic E-state index is 2.40. The molecule has 0 aromatic heterocycles. The molecule has 0 spiro atoms. The lowest BCUT2D eigenvalue weighted by molar-refractivity contribution is -0.929. The van der Waals surface area contributed by atoms with Crippen molar-refractivity contribution in [2.75, 3.05) is 26.2 Å². The third-order valence-corrected chi connectivity index (χ3v) is 10.9. The zero-order chi connectivity index (χ0) is 32.8. The fourth-order valence-electron chi connectivity index (χ4n) is 7.65. The predicted molar refractivity (Wildman–Crippen MR) is 209 cm³/mol. The highest BCUT2D eigenvalue weighted by atomic mass is 15.3. The fourth-order valence-corrected chi connectivity index (χ4v) is 7.65. The summed E-state index contributed by atoms with van der Waals surface area (Å²) in [6, 6.07) is 0. The summed E-state index contributed by atoms with van der Waals surface area (Å²) in [5.74, 6) is 0. The minimum atomic E-state index is 1.37.